The van der Waals surface area contributed by atoms with E-state index in [0.717, 1.165) is 0 Å². The molecular formula is C11H14BrO5P. The van der Waals surface area contributed by atoms with E-state index in [0.29, 0.717) is 24.0 Å². The first-order valence-corrected chi connectivity index (χ1v) is 7.74. The van der Waals surface area contributed by atoms with Crippen molar-refractivity contribution in [2.24, 2.45) is 0 Å². The van der Waals surface area contributed by atoms with Crippen molar-refractivity contribution in [3.05, 3.63) is 27.9 Å². The van der Waals surface area contributed by atoms with Crippen molar-refractivity contribution in [3.8, 4) is 0 Å². The monoisotopic (exact) mass is 336 g/mol. The first kappa shape index (κ1) is 15.4. The van der Waals surface area contributed by atoms with Crippen molar-refractivity contribution in [3.63, 3.8) is 0 Å². The molecule has 0 bridgehead atoms. The molecule has 0 saturated heterocycles. The van der Waals surface area contributed by atoms with Gasteiger partial charge in [-0.05, 0) is 28.8 Å². The van der Waals surface area contributed by atoms with E-state index in [9.17, 15) is 19.1 Å². The van der Waals surface area contributed by atoms with E-state index >= 15 is 0 Å². The molecule has 0 radical (unpaired) electrons. The Bertz CT molecular complexity index is 540. The number of halogens is 1. The minimum atomic E-state index is -4.53. The number of furan rings is 1. The highest BCUT2D eigenvalue weighted by atomic mass is 79.9. The summed E-state index contributed by atoms with van der Waals surface area (Å²) in [5, 5.41) is 0. The zero-order valence-corrected chi connectivity index (χ0v) is 12.5. The van der Waals surface area contributed by atoms with Crippen LogP contribution in [0.2, 0.25) is 0 Å². The highest BCUT2D eigenvalue weighted by molar-refractivity contribution is 9.12. The standard InChI is InChI=1S/C11H14BrO5P/c1-4-7-8(5-2)11(18(14,15)16)17-10(7)9(13)6(3)12/h3-5H2,1-2H3,(H2,14,15,16). The van der Waals surface area contributed by atoms with Crippen molar-refractivity contribution in [2.45, 2.75) is 26.7 Å². The molecule has 1 heterocycles. The lowest BCUT2D eigenvalue weighted by Crippen LogP contribution is -2.07. The van der Waals surface area contributed by atoms with Gasteiger partial charge in [0.2, 0.25) is 11.3 Å². The second-order valence-electron chi connectivity index (χ2n) is 3.68. The van der Waals surface area contributed by atoms with Gasteiger partial charge in [0, 0.05) is 11.1 Å². The van der Waals surface area contributed by atoms with Crippen molar-refractivity contribution in [2.75, 3.05) is 0 Å². The molecule has 5 nitrogen and oxygen atoms in total. The molecule has 0 aliphatic rings. The molecule has 0 saturated carbocycles. The Morgan fingerprint density at radius 3 is 2.17 bits per heavy atom. The van der Waals surface area contributed by atoms with E-state index in [1.165, 1.54) is 0 Å². The van der Waals surface area contributed by atoms with Gasteiger partial charge in [-0.1, -0.05) is 20.4 Å². The van der Waals surface area contributed by atoms with Gasteiger partial charge in [-0.15, -0.1) is 0 Å². The summed E-state index contributed by atoms with van der Waals surface area (Å²) >= 11 is 2.95. The van der Waals surface area contributed by atoms with Gasteiger partial charge < -0.3 is 14.2 Å². The molecule has 1 aromatic heterocycles. The van der Waals surface area contributed by atoms with E-state index in [2.05, 4.69) is 22.5 Å². The van der Waals surface area contributed by atoms with Gasteiger partial charge in [-0.3, -0.25) is 9.36 Å². The van der Waals surface area contributed by atoms with Crippen molar-refractivity contribution in [1.82, 2.24) is 0 Å². The third kappa shape index (κ3) is 2.83. The lowest BCUT2D eigenvalue weighted by atomic mass is 10.0. The predicted molar refractivity (Wildman–Crippen MR) is 71.5 cm³/mol. The first-order chi connectivity index (χ1) is 8.23. The number of Topliss-reactive ketones (excluding diaryl/α,β-unsaturated/α-hetero) is 1. The van der Waals surface area contributed by atoms with Crippen LogP contribution in [0.1, 0.15) is 35.5 Å². The summed E-state index contributed by atoms with van der Waals surface area (Å²) in [4.78, 5) is 30.3. The van der Waals surface area contributed by atoms with E-state index in [1.54, 1.807) is 13.8 Å². The average molecular weight is 337 g/mol. The van der Waals surface area contributed by atoms with Crippen LogP contribution in [-0.2, 0) is 17.4 Å². The summed E-state index contributed by atoms with van der Waals surface area (Å²) in [7, 11) is -4.53. The molecule has 7 heteroatoms. The molecular weight excluding hydrogens is 323 g/mol. The predicted octanol–water partition coefficient (Wildman–Crippen LogP) is 2.30. The minimum Gasteiger partial charge on any atom is -0.444 e. The second kappa shape index (κ2) is 5.53. The maximum atomic E-state index is 11.8. The van der Waals surface area contributed by atoms with Gasteiger partial charge >= 0.3 is 7.60 Å². The Kier molecular flexibility index (Phi) is 4.72. The van der Waals surface area contributed by atoms with E-state index < -0.39 is 18.9 Å². The molecule has 0 atom stereocenters. The smallest absolute Gasteiger partial charge is 0.391 e. The van der Waals surface area contributed by atoms with Crippen molar-refractivity contribution in [1.29, 1.82) is 0 Å². The van der Waals surface area contributed by atoms with Crippen LogP contribution in [-0.4, -0.2) is 15.6 Å². The lowest BCUT2D eigenvalue weighted by molar-refractivity contribution is 0.101. The molecule has 2 N–H and O–H groups in total. The van der Waals surface area contributed by atoms with Crippen LogP contribution in [0.3, 0.4) is 0 Å². The molecule has 0 amide bonds. The van der Waals surface area contributed by atoms with Crippen LogP contribution in [0.5, 0.6) is 0 Å². The quantitative estimate of drug-likeness (QED) is 0.489. The first-order valence-electron chi connectivity index (χ1n) is 5.33. The van der Waals surface area contributed by atoms with E-state index in [1.807, 2.05) is 0 Å². The van der Waals surface area contributed by atoms with Gasteiger partial charge in [0.25, 0.3) is 0 Å². The number of carbonyl (C=O) groups excluding carboxylic acids is 1. The van der Waals surface area contributed by atoms with Crippen LogP contribution in [0.15, 0.2) is 15.5 Å². The van der Waals surface area contributed by atoms with Crippen LogP contribution >= 0.6 is 23.5 Å². The molecule has 1 rings (SSSR count). The van der Waals surface area contributed by atoms with Crippen molar-refractivity contribution < 1.29 is 23.6 Å². The minimum absolute atomic E-state index is 0.0467. The lowest BCUT2D eigenvalue weighted by Gasteiger charge is -2.02. The zero-order valence-electron chi connectivity index (χ0n) is 10.1. The fourth-order valence-electron chi connectivity index (χ4n) is 1.77. The molecule has 0 aliphatic carbocycles. The average Bonchev–Trinajstić information content (AvgIpc) is 2.65. The fraction of sp³-hybridized carbons (Fsp3) is 0.364. The van der Waals surface area contributed by atoms with Gasteiger partial charge in [0.15, 0.2) is 5.76 Å². The molecule has 0 unspecified atom stereocenters. The van der Waals surface area contributed by atoms with Gasteiger partial charge in [0.05, 0.1) is 4.48 Å². The summed E-state index contributed by atoms with van der Waals surface area (Å²) < 4.78 is 16.5. The number of carbonyl (C=O) groups is 1. The number of hydrogen-bond donors (Lipinski definition) is 2. The second-order valence-corrected chi connectivity index (χ2v) is 6.13. The number of hydrogen-bond acceptors (Lipinski definition) is 3. The molecule has 0 spiro atoms. The summed E-state index contributed by atoms with van der Waals surface area (Å²) in [5.74, 6) is -0.546. The third-order valence-corrected chi connectivity index (χ3v) is 3.77. The fourth-order valence-corrected chi connectivity index (χ4v) is 2.80. The molecule has 1 aromatic rings. The maximum absolute atomic E-state index is 11.8. The largest absolute Gasteiger partial charge is 0.444 e. The summed E-state index contributed by atoms with van der Waals surface area (Å²) in [6, 6.07) is 0. The van der Waals surface area contributed by atoms with Crippen LogP contribution in [0.25, 0.3) is 0 Å². The number of ketones is 1. The van der Waals surface area contributed by atoms with Crippen molar-refractivity contribution >= 4 is 34.8 Å². The zero-order chi connectivity index (χ0) is 14.1. The molecule has 18 heavy (non-hydrogen) atoms. The topological polar surface area (TPSA) is 87.7 Å². The molecule has 100 valence electrons. The normalized spacial score (nSPS) is 11.6. The SMILES string of the molecule is C=C(Br)C(=O)c1oc(P(=O)(O)O)c(CC)c1CC. The highest BCUT2D eigenvalue weighted by Gasteiger charge is 2.32. The summed E-state index contributed by atoms with van der Waals surface area (Å²) in [6.45, 7) is 6.99. The van der Waals surface area contributed by atoms with Gasteiger partial charge in [0.1, 0.15) is 0 Å². The van der Waals surface area contributed by atoms with E-state index in [4.69, 9.17) is 4.42 Å². The summed E-state index contributed by atoms with van der Waals surface area (Å²) in [6.07, 6.45) is 0.836. The Balaban J connectivity index is 3.56. The van der Waals surface area contributed by atoms with E-state index in [-0.39, 0.29) is 10.2 Å². The number of rotatable bonds is 5. The Morgan fingerprint density at radius 1 is 1.33 bits per heavy atom. The Morgan fingerprint density at radius 2 is 1.83 bits per heavy atom. The molecule has 0 aromatic carbocycles. The summed E-state index contributed by atoms with van der Waals surface area (Å²) in [5.41, 5.74) is 0.517. The third-order valence-electron chi connectivity index (χ3n) is 2.52. The molecule has 0 fully saturated rings. The van der Waals surface area contributed by atoms with Gasteiger partial charge in [-0.25, -0.2) is 0 Å². The Hall–Kier alpha value is -0.680. The maximum Gasteiger partial charge on any atom is 0.391 e. The van der Waals surface area contributed by atoms with Crippen LogP contribution in [0.4, 0.5) is 0 Å². The Labute approximate surface area is 113 Å². The highest BCUT2D eigenvalue weighted by Crippen LogP contribution is 2.38. The molecule has 0 aliphatic heterocycles. The van der Waals surface area contributed by atoms with Crippen LogP contribution in [0, 0.1) is 0 Å². The number of allylic oxidation sites excluding steroid dienone is 1. The van der Waals surface area contributed by atoms with Gasteiger partial charge in [-0.2, -0.15) is 0 Å². The van der Waals surface area contributed by atoms with Crippen LogP contribution < -0.4 is 5.50 Å².